The number of fused-ring (bicyclic) bond motifs is 9. The fourth-order valence-electron chi connectivity index (χ4n) is 9.08. The van der Waals surface area contributed by atoms with Gasteiger partial charge in [0, 0.05) is 70.2 Å². The van der Waals surface area contributed by atoms with E-state index in [2.05, 4.69) is 226 Å². The fourth-order valence-corrected chi connectivity index (χ4v) is 10.2. The molecular formula is C54H35N3S. The lowest BCUT2D eigenvalue weighted by atomic mass is 10.0. The number of anilines is 3. The first-order chi connectivity index (χ1) is 28.8. The molecule has 4 heteroatoms. The van der Waals surface area contributed by atoms with E-state index >= 15 is 0 Å². The molecule has 0 spiro atoms. The molecule has 0 aliphatic carbocycles. The largest absolute Gasteiger partial charge is 0.310 e. The van der Waals surface area contributed by atoms with Gasteiger partial charge in [0.1, 0.15) is 0 Å². The summed E-state index contributed by atoms with van der Waals surface area (Å²) in [4.78, 5) is 2.38. The van der Waals surface area contributed by atoms with Crippen LogP contribution < -0.4 is 4.90 Å². The zero-order valence-electron chi connectivity index (χ0n) is 31.5. The smallest absolute Gasteiger partial charge is 0.0541 e. The number of rotatable bonds is 6. The summed E-state index contributed by atoms with van der Waals surface area (Å²) in [5, 5.41) is 7.67. The molecule has 272 valence electrons. The Kier molecular flexibility index (Phi) is 7.40. The van der Waals surface area contributed by atoms with Gasteiger partial charge in [-0.1, -0.05) is 109 Å². The predicted octanol–water partition coefficient (Wildman–Crippen LogP) is 15.4. The highest BCUT2D eigenvalue weighted by atomic mass is 32.1. The van der Waals surface area contributed by atoms with E-state index in [9.17, 15) is 0 Å². The predicted molar refractivity (Wildman–Crippen MR) is 248 cm³/mol. The Bertz CT molecular complexity index is 3250. The van der Waals surface area contributed by atoms with Crippen LogP contribution in [-0.2, 0) is 0 Å². The van der Waals surface area contributed by atoms with Gasteiger partial charge >= 0.3 is 0 Å². The summed E-state index contributed by atoms with van der Waals surface area (Å²) < 4.78 is 7.40. The van der Waals surface area contributed by atoms with Gasteiger partial charge in [-0.2, -0.15) is 0 Å². The molecule has 0 radical (unpaired) electrons. The first kappa shape index (κ1) is 32.8. The summed E-state index contributed by atoms with van der Waals surface area (Å²) in [6.07, 6.45) is 0. The Morgan fingerprint density at radius 1 is 0.293 bits per heavy atom. The molecule has 12 aromatic rings. The molecule has 0 unspecified atom stereocenters. The maximum absolute atomic E-state index is 2.38. The van der Waals surface area contributed by atoms with Crippen LogP contribution in [-0.4, -0.2) is 9.13 Å². The zero-order valence-corrected chi connectivity index (χ0v) is 32.3. The van der Waals surface area contributed by atoms with E-state index in [0.717, 1.165) is 28.4 Å². The number of benzene rings is 9. The molecule has 0 saturated heterocycles. The van der Waals surface area contributed by atoms with Crippen LogP contribution in [0, 0.1) is 0 Å². The van der Waals surface area contributed by atoms with E-state index < -0.39 is 0 Å². The lowest BCUT2D eigenvalue weighted by Gasteiger charge is -2.26. The minimum Gasteiger partial charge on any atom is -0.310 e. The molecule has 0 atom stereocenters. The number of nitrogens with zero attached hydrogens (tertiary/aromatic N) is 3. The van der Waals surface area contributed by atoms with Crippen molar-refractivity contribution in [1.82, 2.24) is 9.13 Å². The van der Waals surface area contributed by atoms with Crippen molar-refractivity contribution in [1.29, 1.82) is 0 Å². The van der Waals surface area contributed by atoms with Crippen molar-refractivity contribution < 1.29 is 0 Å². The molecule has 12 rings (SSSR count). The van der Waals surface area contributed by atoms with Crippen LogP contribution in [0.15, 0.2) is 212 Å². The summed E-state index contributed by atoms with van der Waals surface area (Å²) >= 11 is 1.86. The lowest BCUT2D eigenvalue weighted by Crippen LogP contribution is -2.10. The number of aromatic nitrogens is 2. The Morgan fingerprint density at radius 2 is 0.724 bits per heavy atom. The van der Waals surface area contributed by atoms with Crippen molar-refractivity contribution in [2.45, 2.75) is 0 Å². The second-order valence-corrected chi connectivity index (χ2v) is 16.1. The Morgan fingerprint density at radius 3 is 1.24 bits per heavy atom. The van der Waals surface area contributed by atoms with Crippen LogP contribution in [0.4, 0.5) is 17.1 Å². The van der Waals surface area contributed by atoms with E-state index in [-0.39, 0.29) is 0 Å². The normalized spacial score (nSPS) is 11.8. The zero-order chi connectivity index (χ0) is 38.2. The van der Waals surface area contributed by atoms with Gasteiger partial charge in [0.15, 0.2) is 0 Å². The summed E-state index contributed by atoms with van der Waals surface area (Å²) in [7, 11) is 0. The topological polar surface area (TPSA) is 13.1 Å². The molecule has 0 bridgehead atoms. The van der Waals surface area contributed by atoms with Gasteiger partial charge in [-0.15, -0.1) is 11.3 Å². The number of para-hydroxylation sites is 4. The highest BCUT2D eigenvalue weighted by molar-refractivity contribution is 7.25. The van der Waals surface area contributed by atoms with Crippen LogP contribution in [0.3, 0.4) is 0 Å². The quantitative estimate of drug-likeness (QED) is 0.165. The highest BCUT2D eigenvalue weighted by Gasteiger charge is 2.18. The summed E-state index contributed by atoms with van der Waals surface area (Å²) in [6.45, 7) is 0. The van der Waals surface area contributed by atoms with Crippen molar-refractivity contribution in [3.05, 3.63) is 212 Å². The van der Waals surface area contributed by atoms with Crippen molar-refractivity contribution in [3.8, 4) is 22.5 Å². The van der Waals surface area contributed by atoms with E-state index in [4.69, 9.17) is 0 Å². The third-order valence-electron chi connectivity index (χ3n) is 11.7. The first-order valence-corrected chi connectivity index (χ1v) is 20.6. The van der Waals surface area contributed by atoms with E-state index in [0.29, 0.717) is 0 Å². The molecule has 0 fully saturated rings. The Labute approximate surface area is 339 Å². The van der Waals surface area contributed by atoms with Gasteiger partial charge in [-0.05, 0) is 114 Å². The van der Waals surface area contributed by atoms with E-state index in [1.807, 2.05) is 11.3 Å². The molecular weight excluding hydrogens is 723 g/mol. The van der Waals surface area contributed by atoms with Crippen molar-refractivity contribution in [3.63, 3.8) is 0 Å². The molecule has 58 heavy (non-hydrogen) atoms. The molecule has 3 nitrogen and oxygen atoms in total. The lowest BCUT2D eigenvalue weighted by molar-refractivity contribution is 1.17. The van der Waals surface area contributed by atoms with Crippen LogP contribution in [0.2, 0.25) is 0 Å². The van der Waals surface area contributed by atoms with E-state index in [1.54, 1.807) is 0 Å². The van der Waals surface area contributed by atoms with Crippen LogP contribution in [0.5, 0.6) is 0 Å². The van der Waals surface area contributed by atoms with Gasteiger partial charge in [-0.25, -0.2) is 0 Å². The highest BCUT2D eigenvalue weighted by Crippen LogP contribution is 2.41. The summed E-state index contributed by atoms with van der Waals surface area (Å²) in [5.41, 5.74) is 12.8. The monoisotopic (exact) mass is 757 g/mol. The first-order valence-electron chi connectivity index (χ1n) is 19.8. The Balaban J connectivity index is 1.00. The fraction of sp³-hybridized carbons (Fsp3) is 0. The SMILES string of the molecule is c1cc(-c2ccc3sc4ccccc4c3c2)cc(N(c2ccc(-n3c4ccccc4c4ccccc43)cc2)c2ccc(-n3c4ccccc4c4ccccc43)cc2)c1. The molecule has 9 aromatic carbocycles. The second-order valence-electron chi connectivity index (χ2n) is 15.0. The van der Waals surface area contributed by atoms with Crippen LogP contribution in [0.25, 0.3) is 86.3 Å². The molecule has 0 amide bonds. The second kappa shape index (κ2) is 13.1. The third kappa shape index (κ3) is 5.12. The van der Waals surface area contributed by atoms with Crippen molar-refractivity contribution in [2.75, 3.05) is 4.90 Å². The van der Waals surface area contributed by atoms with Gasteiger partial charge < -0.3 is 14.0 Å². The maximum Gasteiger partial charge on any atom is 0.0541 e. The molecule has 3 heterocycles. The average Bonchev–Trinajstić information content (AvgIpc) is 3.95. The number of hydrogen-bond acceptors (Lipinski definition) is 2. The molecule has 3 aromatic heterocycles. The van der Waals surface area contributed by atoms with Gasteiger partial charge in [0.05, 0.1) is 22.1 Å². The van der Waals surface area contributed by atoms with Crippen molar-refractivity contribution in [2.24, 2.45) is 0 Å². The summed E-state index contributed by atoms with van der Waals surface area (Å²) in [6, 6.07) is 77.4. The number of hydrogen-bond donors (Lipinski definition) is 0. The third-order valence-corrected chi connectivity index (χ3v) is 12.9. The Hall–Kier alpha value is -7.40. The minimum absolute atomic E-state index is 1.09. The molecule has 0 aliphatic rings. The molecule has 0 saturated carbocycles. The number of thiophene rings is 1. The van der Waals surface area contributed by atoms with Gasteiger partial charge in [0.25, 0.3) is 0 Å². The van der Waals surface area contributed by atoms with Crippen molar-refractivity contribution >= 4 is 92.2 Å². The molecule has 0 N–H and O–H groups in total. The maximum atomic E-state index is 2.38. The van der Waals surface area contributed by atoms with Crippen LogP contribution >= 0.6 is 11.3 Å². The van der Waals surface area contributed by atoms with Crippen LogP contribution in [0.1, 0.15) is 0 Å². The van der Waals surface area contributed by atoms with Gasteiger partial charge in [0.2, 0.25) is 0 Å². The molecule has 0 aliphatic heterocycles. The van der Waals surface area contributed by atoms with E-state index in [1.165, 1.54) is 74.9 Å². The minimum atomic E-state index is 1.09. The van der Waals surface area contributed by atoms with Gasteiger partial charge in [-0.3, -0.25) is 0 Å². The summed E-state index contributed by atoms with van der Waals surface area (Å²) in [5.74, 6) is 0. The average molecular weight is 758 g/mol. The standard InChI is InChI=1S/C54H35N3S/c1-6-19-49-43(14-1)44-15-2-7-20-50(44)56(49)40-29-25-38(26-30-40)55(39-27-31-41(32-28-39)57-51-21-8-3-16-45(51)46-17-4-9-22-52(46)57)42-13-11-12-36(34-42)37-24-33-54-48(35-37)47-18-5-10-23-53(47)58-54/h1-35H.